The summed E-state index contributed by atoms with van der Waals surface area (Å²) >= 11 is 0. The summed E-state index contributed by atoms with van der Waals surface area (Å²) in [6.45, 7) is 2.94. The molecule has 4 heteroatoms. The van der Waals surface area contributed by atoms with Crippen molar-refractivity contribution in [3.8, 4) is 16.9 Å². The summed E-state index contributed by atoms with van der Waals surface area (Å²) in [5.41, 5.74) is 4.78. The molecule has 2 rings (SSSR count). The number of nitrogens with one attached hydrogen (secondary N) is 1. The Labute approximate surface area is 114 Å². The summed E-state index contributed by atoms with van der Waals surface area (Å²) < 4.78 is 7.18. The second-order valence-electron chi connectivity index (χ2n) is 4.57. The molecule has 0 aliphatic rings. The van der Waals surface area contributed by atoms with E-state index in [0.29, 0.717) is 0 Å². The number of aryl methyl sites for hydroxylation is 2. The Bertz CT molecular complexity index is 561. The van der Waals surface area contributed by atoms with E-state index in [1.807, 2.05) is 24.8 Å². The van der Waals surface area contributed by atoms with E-state index >= 15 is 0 Å². The maximum Gasteiger partial charge on any atom is 0.119 e. The fraction of sp³-hybridized carbons (Fsp3) is 0.400. The number of hydrogen-bond donors (Lipinski definition) is 1. The molecule has 0 saturated heterocycles. The van der Waals surface area contributed by atoms with Crippen molar-refractivity contribution in [3.05, 3.63) is 35.7 Å². The lowest BCUT2D eigenvalue weighted by Crippen LogP contribution is -2.07. The number of hydrogen-bond acceptors (Lipinski definition) is 3. The lowest BCUT2D eigenvalue weighted by Gasteiger charge is -2.11. The predicted molar refractivity (Wildman–Crippen MR) is 77.3 cm³/mol. The Morgan fingerprint density at radius 1 is 1.32 bits per heavy atom. The van der Waals surface area contributed by atoms with Crippen LogP contribution < -0.4 is 10.1 Å². The molecule has 2 aromatic rings. The summed E-state index contributed by atoms with van der Waals surface area (Å²) in [5, 5.41) is 7.72. The average Bonchev–Trinajstić information content (AvgIpc) is 2.80. The highest BCUT2D eigenvalue weighted by atomic mass is 16.5. The predicted octanol–water partition coefficient (Wildman–Crippen LogP) is 2.38. The SMILES string of the molecule is CCc1nn(C)cc1-c1ccc(OC)cc1CNC. The Morgan fingerprint density at radius 2 is 2.11 bits per heavy atom. The highest BCUT2D eigenvalue weighted by molar-refractivity contribution is 5.70. The van der Waals surface area contributed by atoms with Gasteiger partial charge in [0.1, 0.15) is 5.75 Å². The fourth-order valence-electron chi connectivity index (χ4n) is 2.32. The normalized spacial score (nSPS) is 10.7. The van der Waals surface area contributed by atoms with E-state index in [1.54, 1.807) is 7.11 Å². The molecule has 0 bridgehead atoms. The first kappa shape index (κ1) is 13.6. The van der Waals surface area contributed by atoms with Gasteiger partial charge in [0.05, 0.1) is 12.8 Å². The van der Waals surface area contributed by atoms with Crippen LogP contribution >= 0.6 is 0 Å². The molecule has 0 spiro atoms. The second-order valence-corrected chi connectivity index (χ2v) is 4.57. The third-order valence-corrected chi connectivity index (χ3v) is 3.21. The minimum Gasteiger partial charge on any atom is -0.497 e. The van der Waals surface area contributed by atoms with Gasteiger partial charge in [0, 0.05) is 25.4 Å². The first-order valence-electron chi connectivity index (χ1n) is 6.54. The van der Waals surface area contributed by atoms with E-state index in [0.717, 1.165) is 24.4 Å². The quantitative estimate of drug-likeness (QED) is 0.896. The Balaban J connectivity index is 2.53. The van der Waals surface area contributed by atoms with E-state index in [4.69, 9.17) is 4.74 Å². The molecule has 0 aliphatic carbocycles. The molecular weight excluding hydrogens is 238 g/mol. The highest BCUT2D eigenvalue weighted by Crippen LogP contribution is 2.29. The molecule has 0 amide bonds. The van der Waals surface area contributed by atoms with Gasteiger partial charge in [-0.15, -0.1) is 0 Å². The molecule has 0 aliphatic heterocycles. The Morgan fingerprint density at radius 3 is 2.74 bits per heavy atom. The molecule has 4 nitrogen and oxygen atoms in total. The van der Waals surface area contributed by atoms with Gasteiger partial charge in [-0.25, -0.2) is 0 Å². The zero-order valence-electron chi connectivity index (χ0n) is 12.0. The number of rotatable bonds is 5. The van der Waals surface area contributed by atoms with Gasteiger partial charge in [-0.1, -0.05) is 13.0 Å². The van der Waals surface area contributed by atoms with E-state index < -0.39 is 0 Å². The maximum atomic E-state index is 5.31. The molecule has 1 aromatic carbocycles. The molecule has 0 radical (unpaired) electrons. The van der Waals surface area contributed by atoms with Crippen LogP contribution in [0.4, 0.5) is 0 Å². The van der Waals surface area contributed by atoms with Gasteiger partial charge in [0.25, 0.3) is 0 Å². The van der Waals surface area contributed by atoms with E-state index in [1.165, 1.54) is 16.7 Å². The molecule has 102 valence electrons. The van der Waals surface area contributed by atoms with Crippen molar-refractivity contribution in [2.24, 2.45) is 7.05 Å². The summed E-state index contributed by atoms with van der Waals surface area (Å²) in [6, 6.07) is 6.20. The van der Waals surface area contributed by atoms with Crippen LogP contribution in [0.2, 0.25) is 0 Å². The molecule has 19 heavy (non-hydrogen) atoms. The molecule has 0 unspecified atom stereocenters. The molecule has 0 saturated carbocycles. The first-order chi connectivity index (χ1) is 9.19. The summed E-state index contributed by atoms with van der Waals surface area (Å²) in [4.78, 5) is 0. The largest absolute Gasteiger partial charge is 0.497 e. The summed E-state index contributed by atoms with van der Waals surface area (Å²) in [6.07, 6.45) is 3.01. The topological polar surface area (TPSA) is 39.1 Å². The third kappa shape index (κ3) is 2.79. The van der Waals surface area contributed by atoms with Crippen LogP contribution in [0, 0.1) is 0 Å². The van der Waals surface area contributed by atoms with Crippen molar-refractivity contribution < 1.29 is 4.74 Å². The maximum absolute atomic E-state index is 5.31. The summed E-state index contributed by atoms with van der Waals surface area (Å²) in [7, 11) is 5.61. The van der Waals surface area contributed by atoms with E-state index in [-0.39, 0.29) is 0 Å². The molecule has 0 atom stereocenters. The minimum absolute atomic E-state index is 0.810. The van der Waals surface area contributed by atoms with Crippen LogP contribution in [-0.4, -0.2) is 23.9 Å². The number of benzene rings is 1. The van der Waals surface area contributed by atoms with Crippen LogP contribution in [0.15, 0.2) is 24.4 Å². The van der Waals surface area contributed by atoms with Crippen molar-refractivity contribution in [1.82, 2.24) is 15.1 Å². The standard InChI is InChI=1S/C15H21N3O/c1-5-15-14(10-18(3)17-15)13-7-6-12(19-4)8-11(13)9-16-2/h6-8,10,16H,5,9H2,1-4H3. The molecule has 1 N–H and O–H groups in total. The van der Waals surface area contributed by atoms with Gasteiger partial charge in [0.15, 0.2) is 0 Å². The molecule has 1 aromatic heterocycles. The zero-order valence-corrected chi connectivity index (χ0v) is 12.0. The highest BCUT2D eigenvalue weighted by Gasteiger charge is 2.12. The van der Waals surface area contributed by atoms with Gasteiger partial charge in [-0.05, 0) is 36.7 Å². The van der Waals surface area contributed by atoms with E-state index in [9.17, 15) is 0 Å². The van der Waals surface area contributed by atoms with Crippen molar-refractivity contribution in [3.63, 3.8) is 0 Å². The average molecular weight is 259 g/mol. The molecular formula is C15H21N3O. The molecule has 1 heterocycles. The van der Waals surface area contributed by atoms with Gasteiger partial charge in [-0.3, -0.25) is 4.68 Å². The number of aromatic nitrogens is 2. The minimum atomic E-state index is 0.810. The number of ether oxygens (including phenoxy) is 1. The second kappa shape index (κ2) is 5.89. The van der Waals surface area contributed by atoms with Crippen LogP contribution in [0.25, 0.3) is 11.1 Å². The van der Waals surface area contributed by atoms with Crippen molar-refractivity contribution in [2.45, 2.75) is 19.9 Å². The fourth-order valence-corrected chi connectivity index (χ4v) is 2.32. The number of methoxy groups -OCH3 is 1. The van der Waals surface area contributed by atoms with E-state index in [2.05, 4.69) is 35.7 Å². The molecule has 0 fully saturated rings. The van der Waals surface area contributed by atoms with Gasteiger partial charge in [0.2, 0.25) is 0 Å². The first-order valence-corrected chi connectivity index (χ1v) is 6.54. The third-order valence-electron chi connectivity index (χ3n) is 3.21. The van der Waals surface area contributed by atoms with Gasteiger partial charge >= 0.3 is 0 Å². The van der Waals surface area contributed by atoms with Crippen LogP contribution in [0.3, 0.4) is 0 Å². The summed E-state index contributed by atoms with van der Waals surface area (Å²) in [5.74, 6) is 0.885. The van der Waals surface area contributed by atoms with Gasteiger partial charge < -0.3 is 10.1 Å². The zero-order chi connectivity index (χ0) is 13.8. The Kier molecular flexibility index (Phi) is 4.22. The van der Waals surface area contributed by atoms with Gasteiger partial charge in [-0.2, -0.15) is 5.10 Å². The van der Waals surface area contributed by atoms with Crippen molar-refractivity contribution in [2.75, 3.05) is 14.2 Å². The van der Waals surface area contributed by atoms with Crippen LogP contribution in [0.1, 0.15) is 18.2 Å². The van der Waals surface area contributed by atoms with Crippen molar-refractivity contribution >= 4 is 0 Å². The van der Waals surface area contributed by atoms with Crippen LogP contribution in [-0.2, 0) is 20.0 Å². The Hall–Kier alpha value is -1.81. The monoisotopic (exact) mass is 259 g/mol. The lowest BCUT2D eigenvalue weighted by atomic mass is 9.99. The van der Waals surface area contributed by atoms with Crippen LogP contribution in [0.5, 0.6) is 5.75 Å². The number of nitrogens with zero attached hydrogens (tertiary/aromatic N) is 2. The smallest absolute Gasteiger partial charge is 0.119 e. The van der Waals surface area contributed by atoms with Crippen molar-refractivity contribution in [1.29, 1.82) is 0 Å². The lowest BCUT2D eigenvalue weighted by molar-refractivity contribution is 0.414.